The van der Waals surface area contributed by atoms with E-state index in [1.54, 1.807) is 12.1 Å². The molecule has 21 heavy (non-hydrogen) atoms. The Morgan fingerprint density at radius 1 is 1.19 bits per heavy atom. The van der Waals surface area contributed by atoms with Crippen LogP contribution in [0.5, 0.6) is 0 Å². The van der Waals surface area contributed by atoms with Gasteiger partial charge in [-0.1, -0.05) is 48.9 Å². The minimum atomic E-state index is -0.369. The molecule has 0 amide bonds. The number of rotatable bonds is 6. The fourth-order valence-electron chi connectivity index (χ4n) is 2.43. The van der Waals surface area contributed by atoms with Crippen molar-refractivity contribution in [3.8, 4) is 0 Å². The predicted molar refractivity (Wildman–Crippen MR) is 84.4 cm³/mol. The Morgan fingerprint density at radius 3 is 2.48 bits per heavy atom. The van der Waals surface area contributed by atoms with Gasteiger partial charge in [0, 0.05) is 18.2 Å². The van der Waals surface area contributed by atoms with Crippen LogP contribution in [0, 0.1) is 17.0 Å². The predicted octanol–water partition coefficient (Wildman–Crippen LogP) is 3.80. The van der Waals surface area contributed by atoms with Crippen molar-refractivity contribution >= 4 is 5.69 Å². The molecule has 0 bridgehead atoms. The molecule has 0 aliphatic heterocycles. The zero-order chi connectivity index (χ0) is 15.2. The molecule has 4 nitrogen and oxygen atoms in total. The number of nitro benzene ring substituents is 1. The van der Waals surface area contributed by atoms with Gasteiger partial charge in [-0.2, -0.15) is 0 Å². The van der Waals surface area contributed by atoms with Crippen molar-refractivity contribution in [2.75, 3.05) is 6.54 Å². The molecule has 0 fully saturated rings. The van der Waals surface area contributed by atoms with E-state index in [2.05, 4.69) is 43.4 Å². The minimum absolute atomic E-state index is 0.134. The summed E-state index contributed by atoms with van der Waals surface area (Å²) < 4.78 is 0. The van der Waals surface area contributed by atoms with Crippen molar-refractivity contribution in [3.05, 3.63) is 75.3 Å². The van der Waals surface area contributed by atoms with E-state index in [0.29, 0.717) is 0 Å². The first-order chi connectivity index (χ1) is 10.1. The summed E-state index contributed by atoms with van der Waals surface area (Å²) in [6.07, 6.45) is 0.815. The van der Waals surface area contributed by atoms with Crippen LogP contribution in [0.15, 0.2) is 48.5 Å². The summed E-state index contributed by atoms with van der Waals surface area (Å²) in [4.78, 5) is 10.3. The van der Waals surface area contributed by atoms with Crippen LogP contribution in [0.25, 0.3) is 0 Å². The van der Waals surface area contributed by atoms with Gasteiger partial charge in [-0.3, -0.25) is 10.1 Å². The number of hydrogen-bond donors (Lipinski definition) is 1. The second kappa shape index (κ2) is 6.99. The Balaban J connectivity index is 2.17. The molecule has 0 radical (unpaired) electrons. The Bertz CT molecular complexity index is 608. The van der Waals surface area contributed by atoms with E-state index in [0.717, 1.165) is 18.5 Å². The number of benzene rings is 2. The van der Waals surface area contributed by atoms with Crippen LogP contribution in [0.4, 0.5) is 5.69 Å². The highest BCUT2D eigenvalue weighted by atomic mass is 16.6. The molecule has 4 heteroatoms. The fourth-order valence-corrected chi connectivity index (χ4v) is 2.43. The van der Waals surface area contributed by atoms with Gasteiger partial charge in [0.2, 0.25) is 0 Å². The van der Waals surface area contributed by atoms with Gasteiger partial charge in [0.15, 0.2) is 0 Å². The first-order valence-corrected chi connectivity index (χ1v) is 7.13. The smallest absolute Gasteiger partial charge is 0.269 e. The van der Waals surface area contributed by atoms with Gasteiger partial charge in [0.05, 0.1) is 4.92 Å². The van der Waals surface area contributed by atoms with Crippen molar-refractivity contribution in [1.29, 1.82) is 0 Å². The van der Waals surface area contributed by atoms with Gasteiger partial charge in [0.25, 0.3) is 5.69 Å². The average molecular weight is 284 g/mol. The van der Waals surface area contributed by atoms with Crippen LogP contribution < -0.4 is 5.32 Å². The number of aryl methyl sites for hydroxylation is 1. The van der Waals surface area contributed by atoms with Crippen LogP contribution in [-0.4, -0.2) is 11.5 Å². The second-order valence-corrected chi connectivity index (χ2v) is 5.15. The Kier molecular flexibility index (Phi) is 5.06. The number of nitro groups is 1. The van der Waals surface area contributed by atoms with Crippen molar-refractivity contribution in [3.63, 3.8) is 0 Å². The molecule has 2 rings (SSSR count). The zero-order valence-corrected chi connectivity index (χ0v) is 12.4. The molecule has 1 unspecified atom stereocenters. The Morgan fingerprint density at radius 2 is 1.90 bits per heavy atom. The summed E-state index contributed by atoms with van der Waals surface area (Å²) in [6.45, 7) is 5.04. The molecule has 110 valence electrons. The largest absolute Gasteiger partial charge is 0.310 e. The maximum absolute atomic E-state index is 10.7. The molecule has 0 saturated carbocycles. The lowest BCUT2D eigenvalue weighted by atomic mass is 9.97. The molecule has 1 N–H and O–H groups in total. The van der Waals surface area contributed by atoms with Gasteiger partial charge in [-0.25, -0.2) is 0 Å². The maximum atomic E-state index is 10.7. The van der Waals surface area contributed by atoms with Gasteiger partial charge in [0.1, 0.15) is 0 Å². The SMILES string of the molecule is CCNC(Cc1ccc([N+](=O)[O-])cc1)c1cccc(C)c1. The molecule has 0 spiro atoms. The van der Waals surface area contributed by atoms with Gasteiger partial charge in [-0.15, -0.1) is 0 Å². The third kappa shape index (κ3) is 4.13. The number of nitrogens with one attached hydrogen (secondary N) is 1. The zero-order valence-electron chi connectivity index (χ0n) is 12.4. The van der Waals surface area contributed by atoms with E-state index < -0.39 is 0 Å². The lowest BCUT2D eigenvalue weighted by Gasteiger charge is -2.19. The summed E-state index contributed by atoms with van der Waals surface area (Å²) in [5, 5.41) is 14.2. The normalized spacial score (nSPS) is 12.1. The molecule has 0 aliphatic carbocycles. The van der Waals surface area contributed by atoms with Crippen molar-refractivity contribution in [2.24, 2.45) is 0 Å². The quantitative estimate of drug-likeness (QED) is 0.648. The Hall–Kier alpha value is -2.20. The number of likely N-dealkylation sites (N-methyl/N-ethyl adjacent to an activating group) is 1. The molecule has 0 aliphatic rings. The van der Waals surface area contributed by atoms with E-state index in [1.807, 2.05) is 12.1 Å². The topological polar surface area (TPSA) is 55.2 Å². The van der Waals surface area contributed by atoms with Crippen LogP contribution in [0.1, 0.15) is 29.7 Å². The number of hydrogen-bond acceptors (Lipinski definition) is 3. The van der Waals surface area contributed by atoms with Crippen molar-refractivity contribution in [2.45, 2.75) is 26.3 Å². The number of non-ortho nitro benzene ring substituents is 1. The molecule has 2 aromatic rings. The van der Waals surface area contributed by atoms with Gasteiger partial charge >= 0.3 is 0 Å². The van der Waals surface area contributed by atoms with Gasteiger partial charge in [-0.05, 0) is 31.0 Å². The summed E-state index contributed by atoms with van der Waals surface area (Å²) in [5.41, 5.74) is 3.71. The van der Waals surface area contributed by atoms with E-state index >= 15 is 0 Å². The van der Waals surface area contributed by atoms with E-state index in [-0.39, 0.29) is 16.7 Å². The van der Waals surface area contributed by atoms with E-state index in [4.69, 9.17) is 0 Å². The standard InChI is InChI=1S/C17H20N2O2/c1-3-18-17(15-6-4-5-13(2)11-15)12-14-7-9-16(10-8-14)19(20)21/h4-11,17-18H,3,12H2,1-2H3. The molecule has 0 heterocycles. The van der Waals surface area contributed by atoms with Gasteiger partial charge < -0.3 is 5.32 Å². The highest BCUT2D eigenvalue weighted by Crippen LogP contribution is 2.21. The van der Waals surface area contributed by atoms with E-state index in [1.165, 1.54) is 11.1 Å². The highest BCUT2D eigenvalue weighted by molar-refractivity contribution is 5.34. The minimum Gasteiger partial charge on any atom is -0.310 e. The van der Waals surface area contributed by atoms with Crippen LogP contribution in [-0.2, 0) is 6.42 Å². The lowest BCUT2D eigenvalue weighted by molar-refractivity contribution is -0.384. The van der Waals surface area contributed by atoms with E-state index in [9.17, 15) is 10.1 Å². The highest BCUT2D eigenvalue weighted by Gasteiger charge is 2.12. The van der Waals surface area contributed by atoms with Crippen LogP contribution in [0.3, 0.4) is 0 Å². The molecular weight excluding hydrogens is 264 g/mol. The first kappa shape index (κ1) is 15.2. The second-order valence-electron chi connectivity index (χ2n) is 5.15. The maximum Gasteiger partial charge on any atom is 0.269 e. The van der Waals surface area contributed by atoms with Crippen molar-refractivity contribution in [1.82, 2.24) is 5.32 Å². The fraction of sp³-hybridized carbons (Fsp3) is 0.294. The summed E-state index contributed by atoms with van der Waals surface area (Å²) in [5.74, 6) is 0. The first-order valence-electron chi connectivity index (χ1n) is 7.13. The summed E-state index contributed by atoms with van der Waals surface area (Å²) in [7, 11) is 0. The van der Waals surface area contributed by atoms with Crippen LogP contribution >= 0.6 is 0 Å². The summed E-state index contributed by atoms with van der Waals surface area (Å²) in [6, 6.07) is 15.4. The Labute approximate surface area is 125 Å². The molecule has 0 saturated heterocycles. The molecule has 2 aromatic carbocycles. The third-order valence-corrected chi connectivity index (χ3v) is 3.48. The molecular formula is C17H20N2O2. The van der Waals surface area contributed by atoms with Crippen LogP contribution in [0.2, 0.25) is 0 Å². The lowest BCUT2D eigenvalue weighted by Crippen LogP contribution is -2.23. The monoisotopic (exact) mass is 284 g/mol. The van der Waals surface area contributed by atoms with Crippen molar-refractivity contribution < 1.29 is 4.92 Å². The summed E-state index contributed by atoms with van der Waals surface area (Å²) >= 11 is 0. The third-order valence-electron chi connectivity index (χ3n) is 3.48. The number of nitrogens with zero attached hydrogens (tertiary/aromatic N) is 1. The molecule has 1 atom stereocenters. The average Bonchev–Trinajstić information content (AvgIpc) is 2.47. The molecule has 0 aromatic heterocycles.